The largest absolute Gasteiger partial charge is 0.368 e. The van der Waals surface area contributed by atoms with Crippen molar-refractivity contribution in [2.24, 2.45) is 0 Å². The van der Waals surface area contributed by atoms with Crippen molar-refractivity contribution in [1.29, 1.82) is 5.26 Å². The molecule has 1 aliphatic rings. The van der Waals surface area contributed by atoms with Gasteiger partial charge >= 0.3 is 0 Å². The number of hydrogen-bond donors (Lipinski definition) is 0. The molecule has 0 unspecified atom stereocenters. The highest BCUT2D eigenvalue weighted by Gasteiger charge is 2.24. The number of anilines is 1. The van der Waals surface area contributed by atoms with Gasteiger partial charge in [-0.15, -0.1) is 0 Å². The third-order valence-corrected chi connectivity index (χ3v) is 4.01. The fourth-order valence-corrected chi connectivity index (χ4v) is 2.74. The van der Waals surface area contributed by atoms with Gasteiger partial charge < -0.3 is 9.80 Å². The Morgan fingerprint density at radius 3 is 2.48 bits per heavy atom. The van der Waals surface area contributed by atoms with Gasteiger partial charge in [0, 0.05) is 31.9 Å². The van der Waals surface area contributed by atoms with E-state index in [1.807, 2.05) is 18.2 Å². The van der Waals surface area contributed by atoms with Crippen LogP contribution in [0.5, 0.6) is 0 Å². The highest BCUT2D eigenvalue weighted by atomic mass is 19.1. The average molecular weight is 309 g/mol. The molecule has 1 aliphatic heterocycles. The zero-order valence-corrected chi connectivity index (χ0v) is 12.6. The minimum absolute atomic E-state index is 0.118. The number of piperazine rings is 1. The number of nitriles is 1. The van der Waals surface area contributed by atoms with Crippen LogP contribution in [0.2, 0.25) is 0 Å². The summed E-state index contributed by atoms with van der Waals surface area (Å²) in [7, 11) is 0. The zero-order chi connectivity index (χ0) is 16.2. The molecule has 1 amide bonds. The molecule has 0 aliphatic carbocycles. The van der Waals surface area contributed by atoms with Crippen LogP contribution in [0.15, 0.2) is 48.5 Å². The molecule has 0 saturated carbocycles. The van der Waals surface area contributed by atoms with Crippen molar-refractivity contribution < 1.29 is 9.18 Å². The summed E-state index contributed by atoms with van der Waals surface area (Å²) in [4.78, 5) is 16.2. The normalized spacial score (nSPS) is 14.4. The maximum absolute atomic E-state index is 13.7. The standard InChI is InChI=1S/C18H16FN3O/c19-17-7-2-1-6-16(17)18(23)22-10-8-21(9-11-22)15-5-3-4-14(12-15)13-20/h1-7,12H,8-11H2. The van der Waals surface area contributed by atoms with Crippen LogP contribution >= 0.6 is 0 Å². The van der Waals surface area contributed by atoms with Crippen LogP contribution in [0, 0.1) is 17.1 Å². The average Bonchev–Trinajstić information content (AvgIpc) is 2.62. The summed E-state index contributed by atoms with van der Waals surface area (Å²) < 4.78 is 13.7. The van der Waals surface area contributed by atoms with E-state index >= 15 is 0 Å². The van der Waals surface area contributed by atoms with Crippen LogP contribution in [0.4, 0.5) is 10.1 Å². The second-order valence-electron chi connectivity index (χ2n) is 5.42. The predicted molar refractivity (Wildman–Crippen MR) is 85.7 cm³/mol. The third kappa shape index (κ3) is 3.16. The molecule has 0 spiro atoms. The summed E-state index contributed by atoms with van der Waals surface area (Å²) in [5.74, 6) is -0.754. The Balaban J connectivity index is 1.68. The molecule has 2 aromatic rings. The van der Waals surface area contributed by atoms with E-state index in [1.54, 1.807) is 23.1 Å². The van der Waals surface area contributed by atoms with E-state index in [0.29, 0.717) is 31.7 Å². The summed E-state index contributed by atoms with van der Waals surface area (Å²) in [6.07, 6.45) is 0. The van der Waals surface area contributed by atoms with Crippen molar-refractivity contribution in [3.05, 3.63) is 65.5 Å². The molecule has 1 heterocycles. The van der Waals surface area contributed by atoms with Crippen LogP contribution in [0.1, 0.15) is 15.9 Å². The number of hydrogen-bond acceptors (Lipinski definition) is 3. The Hall–Kier alpha value is -2.87. The van der Waals surface area contributed by atoms with E-state index in [0.717, 1.165) is 5.69 Å². The van der Waals surface area contributed by atoms with Gasteiger partial charge in [-0.25, -0.2) is 4.39 Å². The Bertz CT molecular complexity index is 761. The molecule has 5 heteroatoms. The van der Waals surface area contributed by atoms with Crippen LogP contribution in [0.3, 0.4) is 0 Å². The summed E-state index contributed by atoms with van der Waals surface area (Å²) in [5, 5.41) is 8.97. The lowest BCUT2D eigenvalue weighted by Gasteiger charge is -2.36. The van der Waals surface area contributed by atoms with Gasteiger partial charge in [0.15, 0.2) is 0 Å². The van der Waals surface area contributed by atoms with Gasteiger partial charge in [-0.1, -0.05) is 18.2 Å². The smallest absolute Gasteiger partial charge is 0.256 e. The molecule has 0 radical (unpaired) electrons. The first-order valence-electron chi connectivity index (χ1n) is 7.48. The first-order valence-corrected chi connectivity index (χ1v) is 7.48. The lowest BCUT2D eigenvalue weighted by molar-refractivity contribution is 0.0742. The summed E-state index contributed by atoms with van der Waals surface area (Å²) in [5.41, 5.74) is 1.71. The fraction of sp³-hybridized carbons (Fsp3) is 0.222. The highest BCUT2D eigenvalue weighted by Crippen LogP contribution is 2.19. The summed E-state index contributed by atoms with van der Waals surface area (Å²) >= 11 is 0. The Kier molecular flexibility index (Phi) is 4.24. The minimum atomic E-state index is -0.485. The monoisotopic (exact) mass is 309 g/mol. The number of halogens is 1. The highest BCUT2D eigenvalue weighted by molar-refractivity contribution is 5.94. The van der Waals surface area contributed by atoms with E-state index in [-0.39, 0.29) is 11.5 Å². The van der Waals surface area contributed by atoms with Crippen LogP contribution in [-0.4, -0.2) is 37.0 Å². The maximum atomic E-state index is 13.7. The van der Waals surface area contributed by atoms with E-state index in [2.05, 4.69) is 11.0 Å². The number of benzene rings is 2. The van der Waals surface area contributed by atoms with Crippen LogP contribution in [-0.2, 0) is 0 Å². The van der Waals surface area contributed by atoms with Gasteiger partial charge in [0.25, 0.3) is 5.91 Å². The minimum Gasteiger partial charge on any atom is -0.368 e. The number of carbonyl (C=O) groups excluding carboxylic acids is 1. The molecule has 3 rings (SSSR count). The van der Waals surface area contributed by atoms with E-state index < -0.39 is 5.82 Å². The molecule has 4 nitrogen and oxygen atoms in total. The SMILES string of the molecule is N#Cc1cccc(N2CCN(C(=O)c3ccccc3F)CC2)c1. The van der Waals surface area contributed by atoms with Crippen LogP contribution in [0.25, 0.3) is 0 Å². The van der Waals surface area contributed by atoms with Crippen LogP contribution < -0.4 is 4.90 Å². The number of amides is 1. The molecule has 116 valence electrons. The van der Waals surface area contributed by atoms with Crippen molar-refractivity contribution in [3.63, 3.8) is 0 Å². The van der Waals surface area contributed by atoms with Crippen molar-refractivity contribution in [3.8, 4) is 6.07 Å². The molecule has 1 saturated heterocycles. The number of nitrogens with zero attached hydrogens (tertiary/aromatic N) is 3. The van der Waals surface area contributed by atoms with Crippen molar-refractivity contribution in [2.45, 2.75) is 0 Å². The van der Waals surface area contributed by atoms with E-state index in [9.17, 15) is 9.18 Å². The number of rotatable bonds is 2. The van der Waals surface area contributed by atoms with Gasteiger partial charge in [0.2, 0.25) is 0 Å². The zero-order valence-electron chi connectivity index (χ0n) is 12.6. The topological polar surface area (TPSA) is 47.3 Å². The molecule has 0 aromatic heterocycles. The maximum Gasteiger partial charge on any atom is 0.256 e. The second kappa shape index (κ2) is 6.49. The fourth-order valence-electron chi connectivity index (χ4n) is 2.74. The van der Waals surface area contributed by atoms with Gasteiger partial charge in [-0.2, -0.15) is 5.26 Å². The van der Waals surface area contributed by atoms with Crippen molar-refractivity contribution >= 4 is 11.6 Å². The summed E-state index contributed by atoms with van der Waals surface area (Å²) in [6, 6.07) is 15.6. The van der Waals surface area contributed by atoms with Gasteiger partial charge in [0.05, 0.1) is 17.2 Å². The Morgan fingerprint density at radius 2 is 1.78 bits per heavy atom. The Morgan fingerprint density at radius 1 is 1.04 bits per heavy atom. The summed E-state index contributed by atoms with van der Waals surface area (Å²) in [6.45, 7) is 2.39. The molecule has 0 bridgehead atoms. The van der Waals surface area contributed by atoms with Gasteiger partial charge in [-0.3, -0.25) is 4.79 Å². The Labute approximate surface area is 134 Å². The quantitative estimate of drug-likeness (QED) is 0.857. The first kappa shape index (κ1) is 15.0. The molecule has 0 atom stereocenters. The second-order valence-corrected chi connectivity index (χ2v) is 5.42. The lowest BCUT2D eigenvalue weighted by atomic mass is 10.1. The molecular formula is C18H16FN3O. The van der Waals surface area contributed by atoms with Gasteiger partial charge in [0.1, 0.15) is 5.82 Å². The van der Waals surface area contributed by atoms with Crippen molar-refractivity contribution in [2.75, 3.05) is 31.1 Å². The molecule has 23 heavy (non-hydrogen) atoms. The lowest BCUT2D eigenvalue weighted by Crippen LogP contribution is -2.49. The molecule has 2 aromatic carbocycles. The molecular weight excluding hydrogens is 293 g/mol. The van der Waals surface area contributed by atoms with Crippen molar-refractivity contribution in [1.82, 2.24) is 4.90 Å². The van der Waals surface area contributed by atoms with E-state index in [1.165, 1.54) is 12.1 Å². The van der Waals surface area contributed by atoms with E-state index in [4.69, 9.17) is 5.26 Å². The molecule has 1 fully saturated rings. The first-order chi connectivity index (χ1) is 11.2. The molecule has 0 N–H and O–H groups in total. The van der Waals surface area contributed by atoms with Gasteiger partial charge in [-0.05, 0) is 30.3 Å². The number of carbonyl (C=O) groups is 1. The third-order valence-electron chi connectivity index (χ3n) is 4.01. The predicted octanol–water partition coefficient (Wildman–Crippen LogP) is 2.66.